The summed E-state index contributed by atoms with van der Waals surface area (Å²) in [5.74, 6) is -0.195. The predicted octanol–water partition coefficient (Wildman–Crippen LogP) is 2.87. The van der Waals surface area contributed by atoms with Crippen LogP contribution in [0.4, 0.5) is 0 Å². The van der Waals surface area contributed by atoms with Gasteiger partial charge in [0, 0.05) is 30.2 Å². The van der Waals surface area contributed by atoms with Crippen molar-refractivity contribution in [1.29, 1.82) is 0 Å². The van der Waals surface area contributed by atoms with E-state index in [0.717, 1.165) is 29.7 Å². The van der Waals surface area contributed by atoms with Crippen LogP contribution in [-0.4, -0.2) is 46.2 Å². The number of benzene rings is 2. The minimum absolute atomic E-state index is 0.0596. The summed E-state index contributed by atoms with van der Waals surface area (Å²) >= 11 is 0. The molecule has 0 radical (unpaired) electrons. The number of aromatic amines is 1. The highest BCUT2D eigenvalue weighted by atomic mass is 16.2. The zero-order chi connectivity index (χ0) is 18.5. The topological polar surface area (TPSA) is 56.4 Å². The van der Waals surface area contributed by atoms with Crippen molar-refractivity contribution in [3.05, 3.63) is 71.4 Å². The molecule has 1 N–H and O–H groups in total. The number of aromatic nitrogens is 1. The maximum Gasteiger partial charge on any atom is 0.246 e. The lowest BCUT2D eigenvalue weighted by Crippen LogP contribution is -2.46. The summed E-state index contributed by atoms with van der Waals surface area (Å²) in [7, 11) is 1.58. The van der Waals surface area contributed by atoms with E-state index in [1.54, 1.807) is 7.05 Å². The Morgan fingerprint density at radius 1 is 1.00 bits per heavy atom. The second-order valence-electron chi connectivity index (χ2n) is 7.37. The Morgan fingerprint density at radius 3 is 2.48 bits per heavy atom. The lowest BCUT2D eigenvalue weighted by Gasteiger charge is -2.39. The second kappa shape index (κ2) is 6.06. The van der Waals surface area contributed by atoms with Crippen LogP contribution in [0.25, 0.3) is 10.9 Å². The Balaban J connectivity index is 1.67. The van der Waals surface area contributed by atoms with E-state index in [2.05, 4.69) is 40.2 Å². The summed E-state index contributed by atoms with van der Waals surface area (Å²) < 4.78 is 0. The first-order valence-electron chi connectivity index (χ1n) is 9.35. The minimum Gasteiger partial charge on any atom is -0.357 e. The number of likely N-dealkylation sites (N-methyl/N-ethyl adjacent to an activating group) is 1. The average Bonchev–Trinajstić information content (AvgIpc) is 3.20. The number of para-hydroxylation sites is 1. The lowest BCUT2D eigenvalue weighted by atomic mass is 9.90. The van der Waals surface area contributed by atoms with Crippen molar-refractivity contribution in [3.63, 3.8) is 0 Å². The zero-order valence-corrected chi connectivity index (χ0v) is 15.2. The zero-order valence-electron chi connectivity index (χ0n) is 15.2. The molecule has 3 heterocycles. The largest absolute Gasteiger partial charge is 0.357 e. The molecule has 2 amide bonds. The third kappa shape index (κ3) is 2.42. The standard InChI is InChI=1S/C22H21N3O2/c1-24-19(26)13-18(22(24)27)25-12-11-16-15-9-5-6-10-17(15)23-20(16)21(25)14-7-3-2-4-8-14/h2-10,18,21,23H,11-13H2,1H3/t18-,21+/m0/s1. The molecule has 1 aromatic heterocycles. The number of hydrogen-bond donors (Lipinski definition) is 1. The first-order valence-corrected chi connectivity index (χ1v) is 9.35. The molecule has 0 aliphatic carbocycles. The smallest absolute Gasteiger partial charge is 0.246 e. The molecule has 0 unspecified atom stereocenters. The van der Waals surface area contributed by atoms with Gasteiger partial charge in [0.05, 0.1) is 18.5 Å². The van der Waals surface area contributed by atoms with Crippen LogP contribution in [0.2, 0.25) is 0 Å². The van der Waals surface area contributed by atoms with Gasteiger partial charge >= 0.3 is 0 Å². The molecule has 3 aromatic rings. The van der Waals surface area contributed by atoms with Crippen LogP contribution >= 0.6 is 0 Å². The summed E-state index contributed by atoms with van der Waals surface area (Å²) in [6.45, 7) is 0.756. The molecule has 0 spiro atoms. The van der Waals surface area contributed by atoms with Crippen LogP contribution in [0.3, 0.4) is 0 Å². The molecule has 1 fully saturated rings. The van der Waals surface area contributed by atoms with Crippen molar-refractivity contribution in [2.24, 2.45) is 0 Å². The van der Waals surface area contributed by atoms with Gasteiger partial charge < -0.3 is 4.98 Å². The van der Waals surface area contributed by atoms with E-state index >= 15 is 0 Å². The van der Waals surface area contributed by atoms with Gasteiger partial charge in [0.1, 0.15) is 0 Å². The van der Waals surface area contributed by atoms with Crippen molar-refractivity contribution < 1.29 is 9.59 Å². The molecular formula is C22H21N3O2. The van der Waals surface area contributed by atoms with E-state index in [-0.39, 0.29) is 24.3 Å². The van der Waals surface area contributed by atoms with E-state index in [1.165, 1.54) is 15.8 Å². The summed E-state index contributed by atoms with van der Waals surface area (Å²) in [6.07, 6.45) is 1.12. The number of likely N-dealkylation sites (tertiary alicyclic amines) is 1. The highest BCUT2D eigenvalue weighted by Gasteiger charge is 2.45. The second-order valence-corrected chi connectivity index (χ2v) is 7.37. The van der Waals surface area contributed by atoms with Crippen LogP contribution < -0.4 is 0 Å². The number of H-pyrrole nitrogens is 1. The molecule has 5 rings (SSSR count). The van der Waals surface area contributed by atoms with Gasteiger partial charge in [-0.05, 0) is 23.6 Å². The Bertz CT molecular complexity index is 1040. The summed E-state index contributed by atoms with van der Waals surface area (Å²) in [4.78, 5) is 31.9. The fourth-order valence-corrected chi connectivity index (χ4v) is 4.58. The molecule has 1 saturated heterocycles. The number of amides is 2. The van der Waals surface area contributed by atoms with Crippen molar-refractivity contribution in [1.82, 2.24) is 14.8 Å². The van der Waals surface area contributed by atoms with Crippen molar-refractivity contribution in [2.45, 2.75) is 24.9 Å². The Labute approximate surface area is 157 Å². The van der Waals surface area contributed by atoms with Gasteiger partial charge in [-0.15, -0.1) is 0 Å². The van der Waals surface area contributed by atoms with Crippen molar-refractivity contribution >= 4 is 22.7 Å². The lowest BCUT2D eigenvalue weighted by molar-refractivity contribution is -0.138. The monoisotopic (exact) mass is 359 g/mol. The maximum absolute atomic E-state index is 12.7. The third-order valence-electron chi connectivity index (χ3n) is 5.95. The molecule has 0 saturated carbocycles. The predicted molar refractivity (Wildman–Crippen MR) is 103 cm³/mol. The van der Waals surface area contributed by atoms with Gasteiger partial charge in [-0.3, -0.25) is 19.4 Å². The van der Waals surface area contributed by atoms with Crippen LogP contribution in [-0.2, 0) is 16.0 Å². The SMILES string of the molecule is CN1C(=O)C[C@H](N2CCc3c([nH]c4ccccc34)[C@H]2c2ccccc2)C1=O. The van der Waals surface area contributed by atoms with Gasteiger partial charge in [0.15, 0.2) is 0 Å². The molecule has 27 heavy (non-hydrogen) atoms. The summed E-state index contributed by atoms with van der Waals surface area (Å²) in [5.41, 5.74) is 4.72. The van der Waals surface area contributed by atoms with E-state index in [0.29, 0.717) is 0 Å². The number of rotatable bonds is 2. The number of imide groups is 1. The molecule has 2 aliphatic rings. The fraction of sp³-hybridized carbons (Fsp3) is 0.273. The average molecular weight is 359 g/mol. The van der Waals surface area contributed by atoms with E-state index in [1.807, 2.05) is 24.3 Å². The maximum atomic E-state index is 12.7. The third-order valence-corrected chi connectivity index (χ3v) is 5.95. The molecule has 0 bridgehead atoms. The molecule has 2 atom stereocenters. The molecule has 2 aromatic carbocycles. The molecule has 136 valence electrons. The molecular weight excluding hydrogens is 338 g/mol. The van der Waals surface area contributed by atoms with E-state index < -0.39 is 6.04 Å². The van der Waals surface area contributed by atoms with Gasteiger partial charge in [-0.2, -0.15) is 0 Å². The molecule has 2 aliphatic heterocycles. The van der Waals surface area contributed by atoms with Gasteiger partial charge in [-0.25, -0.2) is 0 Å². The van der Waals surface area contributed by atoms with Crippen LogP contribution in [0.15, 0.2) is 54.6 Å². The number of nitrogens with zero attached hydrogens (tertiary/aromatic N) is 2. The number of carbonyl (C=O) groups is 2. The first kappa shape index (κ1) is 16.3. The van der Waals surface area contributed by atoms with Gasteiger partial charge in [-0.1, -0.05) is 48.5 Å². The minimum atomic E-state index is -0.396. The van der Waals surface area contributed by atoms with E-state index in [4.69, 9.17) is 0 Å². The van der Waals surface area contributed by atoms with Crippen LogP contribution in [0, 0.1) is 0 Å². The van der Waals surface area contributed by atoms with Gasteiger partial charge in [0.25, 0.3) is 0 Å². The molecule has 5 nitrogen and oxygen atoms in total. The first-order chi connectivity index (χ1) is 13.1. The number of fused-ring (bicyclic) bond motifs is 3. The highest BCUT2D eigenvalue weighted by Crippen LogP contribution is 2.40. The van der Waals surface area contributed by atoms with Crippen LogP contribution in [0.5, 0.6) is 0 Å². The normalized spacial score (nSPS) is 23.2. The fourth-order valence-electron chi connectivity index (χ4n) is 4.58. The Hall–Kier alpha value is -2.92. The van der Waals surface area contributed by atoms with Crippen molar-refractivity contribution in [2.75, 3.05) is 13.6 Å². The number of carbonyl (C=O) groups excluding carboxylic acids is 2. The quantitative estimate of drug-likeness (QED) is 0.716. The number of nitrogens with one attached hydrogen (secondary N) is 1. The highest BCUT2D eigenvalue weighted by molar-refractivity contribution is 6.05. The summed E-state index contributed by atoms with van der Waals surface area (Å²) in [6, 6.07) is 18.1. The summed E-state index contributed by atoms with van der Waals surface area (Å²) in [5, 5.41) is 1.25. The van der Waals surface area contributed by atoms with Crippen molar-refractivity contribution in [3.8, 4) is 0 Å². The molecule has 5 heteroatoms. The number of hydrogen-bond acceptors (Lipinski definition) is 3. The van der Waals surface area contributed by atoms with Gasteiger partial charge in [0.2, 0.25) is 11.8 Å². The van der Waals surface area contributed by atoms with Crippen LogP contribution in [0.1, 0.15) is 29.3 Å². The van der Waals surface area contributed by atoms with E-state index in [9.17, 15) is 9.59 Å². The Morgan fingerprint density at radius 2 is 1.74 bits per heavy atom. The Kier molecular flexibility index (Phi) is 3.65.